The predicted molar refractivity (Wildman–Crippen MR) is 145 cm³/mol. The first-order valence-corrected chi connectivity index (χ1v) is 12.9. The van der Waals surface area contributed by atoms with Crippen molar-refractivity contribution in [2.24, 2.45) is 0 Å². The summed E-state index contributed by atoms with van der Waals surface area (Å²) < 4.78 is 0. The van der Waals surface area contributed by atoms with Crippen LogP contribution in [0.25, 0.3) is 11.1 Å². The van der Waals surface area contributed by atoms with Crippen LogP contribution in [0.3, 0.4) is 0 Å². The number of hydrogen-bond acceptors (Lipinski definition) is 2. The number of likely N-dealkylation sites (N-methyl/N-ethyl adjacent to an activating group) is 1. The van der Waals surface area contributed by atoms with E-state index in [0.717, 1.165) is 57.6 Å². The summed E-state index contributed by atoms with van der Waals surface area (Å²) in [4.78, 5) is 18.3. The molecule has 3 nitrogen and oxygen atoms in total. The fourth-order valence-electron chi connectivity index (χ4n) is 5.45. The number of likely N-dealkylation sites (tertiary alicyclic amines) is 1. The molecule has 2 aliphatic heterocycles. The molecule has 0 radical (unpaired) electrons. The van der Waals surface area contributed by atoms with Crippen molar-refractivity contribution in [3.05, 3.63) is 119 Å². The summed E-state index contributed by atoms with van der Waals surface area (Å²) in [5.41, 5.74) is 8.71. The van der Waals surface area contributed by atoms with E-state index in [0.29, 0.717) is 0 Å². The Morgan fingerprint density at radius 2 is 1.26 bits per heavy atom. The van der Waals surface area contributed by atoms with E-state index in [2.05, 4.69) is 102 Å². The van der Waals surface area contributed by atoms with E-state index >= 15 is 0 Å². The summed E-state index contributed by atoms with van der Waals surface area (Å²) in [5, 5.41) is 0. The highest BCUT2D eigenvalue weighted by molar-refractivity contribution is 6.02. The zero-order chi connectivity index (χ0) is 24.0. The van der Waals surface area contributed by atoms with Gasteiger partial charge in [-0.15, -0.1) is 0 Å². The van der Waals surface area contributed by atoms with Crippen LogP contribution >= 0.6 is 0 Å². The third kappa shape index (κ3) is 5.16. The minimum absolute atomic E-state index is 0.224. The van der Waals surface area contributed by atoms with Gasteiger partial charge in [0.05, 0.1) is 0 Å². The lowest BCUT2D eigenvalue weighted by Gasteiger charge is -2.35. The molecule has 0 atom stereocenters. The Labute approximate surface area is 209 Å². The average Bonchev–Trinajstić information content (AvgIpc) is 2.94. The summed E-state index contributed by atoms with van der Waals surface area (Å²) in [6, 6.07) is 31.9. The van der Waals surface area contributed by atoms with Crippen molar-refractivity contribution in [2.45, 2.75) is 26.2 Å². The van der Waals surface area contributed by atoms with Gasteiger partial charge in [-0.3, -0.25) is 9.69 Å². The van der Waals surface area contributed by atoms with E-state index in [-0.39, 0.29) is 5.91 Å². The van der Waals surface area contributed by atoms with E-state index < -0.39 is 0 Å². The smallest absolute Gasteiger partial charge is 0.251 e. The monoisotopic (exact) mass is 462 g/mol. The van der Waals surface area contributed by atoms with Crippen LogP contribution in [0.15, 0.2) is 102 Å². The minimum atomic E-state index is 0.224. The van der Waals surface area contributed by atoms with Crippen LogP contribution in [-0.4, -0.2) is 48.4 Å². The highest BCUT2D eigenvalue weighted by Crippen LogP contribution is 2.34. The fourth-order valence-corrected chi connectivity index (χ4v) is 5.45. The van der Waals surface area contributed by atoms with Crippen molar-refractivity contribution in [2.75, 3.05) is 32.7 Å². The van der Waals surface area contributed by atoms with Gasteiger partial charge in [-0.25, -0.2) is 0 Å². The molecule has 0 saturated carbocycles. The largest absolute Gasteiger partial charge is 0.338 e. The molecule has 178 valence electrons. The van der Waals surface area contributed by atoms with Gasteiger partial charge in [0.2, 0.25) is 0 Å². The van der Waals surface area contributed by atoms with E-state index in [1.54, 1.807) is 0 Å². The Hall–Kier alpha value is -3.43. The summed E-state index contributed by atoms with van der Waals surface area (Å²) >= 11 is 0. The summed E-state index contributed by atoms with van der Waals surface area (Å²) in [6.45, 7) is 6.47. The second-order valence-corrected chi connectivity index (χ2v) is 9.44. The Kier molecular flexibility index (Phi) is 7.25. The molecule has 3 aromatic carbocycles. The molecule has 2 heterocycles. The normalized spacial score (nSPS) is 16.9. The van der Waals surface area contributed by atoms with Crippen LogP contribution in [0.4, 0.5) is 0 Å². The summed E-state index contributed by atoms with van der Waals surface area (Å²) in [6.07, 6.45) is 2.76. The lowest BCUT2D eigenvalue weighted by atomic mass is 9.88. The van der Waals surface area contributed by atoms with Gasteiger partial charge in [0, 0.05) is 31.8 Å². The topological polar surface area (TPSA) is 23.6 Å². The van der Waals surface area contributed by atoms with Gasteiger partial charge in [-0.05, 0) is 53.6 Å². The Bertz CT molecular complexity index is 1160. The molecule has 5 rings (SSSR count). The lowest BCUT2D eigenvalue weighted by molar-refractivity contribution is -0.127. The molecule has 2 aliphatic rings. The molecular weight excluding hydrogens is 428 g/mol. The van der Waals surface area contributed by atoms with Gasteiger partial charge in [-0.1, -0.05) is 103 Å². The van der Waals surface area contributed by atoms with Gasteiger partial charge < -0.3 is 4.90 Å². The first-order valence-electron chi connectivity index (χ1n) is 12.9. The van der Waals surface area contributed by atoms with Crippen LogP contribution in [0.2, 0.25) is 0 Å². The molecule has 1 saturated heterocycles. The third-order valence-corrected chi connectivity index (χ3v) is 7.38. The van der Waals surface area contributed by atoms with Crippen molar-refractivity contribution in [3.63, 3.8) is 0 Å². The van der Waals surface area contributed by atoms with Gasteiger partial charge in [0.1, 0.15) is 0 Å². The van der Waals surface area contributed by atoms with Gasteiger partial charge in [0.25, 0.3) is 5.91 Å². The zero-order valence-corrected chi connectivity index (χ0v) is 20.6. The molecule has 3 aromatic rings. The Balaban J connectivity index is 1.42. The van der Waals surface area contributed by atoms with E-state index in [1.807, 2.05) is 6.07 Å². The quantitative estimate of drug-likeness (QED) is 0.445. The van der Waals surface area contributed by atoms with Crippen LogP contribution in [0.1, 0.15) is 42.9 Å². The summed E-state index contributed by atoms with van der Waals surface area (Å²) in [7, 11) is 0. The molecule has 0 bridgehead atoms. The van der Waals surface area contributed by atoms with Crippen molar-refractivity contribution < 1.29 is 4.79 Å². The number of hydrogen-bond donors (Lipinski definition) is 0. The first-order chi connectivity index (χ1) is 17.2. The van der Waals surface area contributed by atoms with Gasteiger partial charge in [0.15, 0.2) is 0 Å². The maximum Gasteiger partial charge on any atom is 0.251 e. The van der Waals surface area contributed by atoms with Crippen molar-refractivity contribution in [1.29, 1.82) is 0 Å². The molecule has 1 fully saturated rings. The molecule has 35 heavy (non-hydrogen) atoms. The maximum absolute atomic E-state index is 13.8. The second-order valence-electron chi connectivity index (χ2n) is 9.44. The third-order valence-electron chi connectivity index (χ3n) is 7.38. The highest BCUT2D eigenvalue weighted by Gasteiger charge is 2.29. The number of nitrogens with zero attached hydrogens (tertiary/aromatic N) is 2. The fraction of sp³-hybridized carbons (Fsp3) is 0.281. The maximum atomic E-state index is 13.8. The summed E-state index contributed by atoms with van der Waals surface area (Å²) in [5.74, 6) is 0.224. The van der Waals surface area contributed by atoms with Crippen LogP contribution in [0, 0.1) is 0 Å². The number of piperidine rings is 1. The van der Waals surface area contributed by atoms with Crippen molar-refractivity contribution in [1.82, 2.24) is 9.80 Å². The van der Waals surface area contributed by atoms with Crippen LogP contribution < -0.4 is 0 Å². The molecule has 3 heteroatoms. The predicted octanol–water partition coefficient (Wildman–Crippen LogP) is 6.29. The highest BCUT2D eigenvalue weighted by atomic mass is 16.2. The van der Waals surface area contributed by atoms with E-state index in [9.17, 15) is 4.79 Å². The van der Waals surface area contributed by atoms with E-state index in [1.165, 1.54) is 33.4 Å². The zero-order valence-electron chi connectivity index (χ0n) is 20.6. The molecule has 0 aromatic heterocycles. The second kappa shape index (κ2) is 10.9. The number of carbonyl (C=O) groups excluding carboxylic acids is 1. The first kappa shape index (κ1) is 23.3. The van der Waals surface area contributed by atoms with Crippen molar-refractivity contribution >= 4 is 17.1 Å². The number of benzene rings is 3. The standard InChI is InChI=1S/C32H34N2O/c1-2-33-21-20-29(25-12-6-3-7-13-25)30(24-33)32(35)34-22-18-28(19-23-34)31(26-14-8-4-9-15-26)27-16-10-5-11-17-27/h3-17H,2,18-24H2,1H3. The Morgan fingerprint density at radius 3 is 1.80 bits per heavy atom. The SMILES string of the molecule is CCN1CCC(c2ccccc2)=C(C(=O)N2CCC(=C(c3ccccc3)c3ccccc3)CC2)C1. The van der Waals surface area contributed by atoms with E-state index in [4.69, 9.17) is 0 Å². The number of amides is 1. The van der Waals surface area contributed by atoms with Crippen LogP contribution in [-0.2, 0) is 4.79 Å². The molecule has 1 amide bonds. The lowest BCUT2D eigenvalue weighted by Crippen LogP contribution is -2.42. The van der Waals surface area contributed by atoms with Crippen LogP contribution in [0.5, 0.6) is 0 Å². The van der Waals surface area contributed by atoms with Gasteiger partial charge >= 0.3 is 0 Å². The Morgan fingerprint density at radius 1 is 0.714 bits per heavy atom. The van der Waals surface area contributed by atoms with Crippen molar-refractivity contribution in [3.8, 4) is 0 Å². The molecule has 0 aliphatic carbocycles. The minimum Gasteiger partial charge on any atom is -0.338 e. The molecule has 0 N–H and O–H groups in total. The molecule has 0 unspecified atom stereocenters. The number of rotatable bonds is 5. The molecular formula is C32H34N2O. The number of carbonyl (C=O) groups is 1. The molecule has 0 spiro atoms. The van der Waals surface area contributed by atoms with Gasteiger partial charge in [-0.2, -0.15) is 0 Å². The average molecular weight is 463 g/mol.